The molecule has 104 valence electrons. The average molecular weight is 267 g/mol. The predicted molar refractivity (Wildman–Crippen MR) is 69.7 cm³/mol. The number of carbonyl (C=O) groups excluding carboxylic acids is 1. The van der Waals surface area contributed by atoms with E-state index in [1.54, 1.807) is 12.0 Å². The number of amides is 1. The molecule has 1 fully saturated rings. The monoisotopic (exact) mass is 267 g/mol. The summed E-state index contributed by atoms with van der Waals surface area (Å²) in [5.41, 5.74) is 0.0581. The quantitative estimate of drug-likeness (QED) is 0.898. The van der Waals surface area contributed by atoms with Gasteiger partial charge in [-0.15, -0.1) is 0 Å². The first-order chi connectivity index (χ1) is 9.17. The van der Waals surface area contributed by atoms with Crippen LogP contribution in [0.15, 0.2) is 12.3 Å². The second kappa shape index (κ2) is 5.97. The molecule has 0 radical (unpaired) electrons. The summed E-state index contributed by atoms with van der Waals surface area (Å²) >= 11 is 0. The van der Waals surface area contributed by atoms with E-state index in [2.05, 4.69) is 10.3 Å². The summed E-state index contributed by atoms with van der Waals surface area (Å²) in [5, 5.41) is 2.80. The molecule has 0 aliphatic carbocycles. The molecule has 0 spiro atoms. The van der Waals surface area contributed by atoms with Crippen LogP contribution in [0.5, 0.6) is 0 Å². The van der Waals surface area contributed by atoms with E-state index in [0.717, 1.165) is 6.42 Å². The van der Waals surface area contributed by atoms with Crippen LogP contribution in [0.25, 0.3) is 0 Å². The van der Waals surface area contributed by atoms with Crippen molar-refractivity contribution in [2.45, 2.75) is 19.4 Å². The fourth-order valence-electron chi connectivity index (χ4n) is 2.17. The second-order valence-corrected chi connectivity index (χ2v) is 4.45. The zero-order chi connectivity index (χ0) is 13.8. The van der Waals surface area contributed by atoms with Crippen molar-refractivity contribution >= 4 is 11.7 Å². The summed E-state index contributed by atoms with van der Waals surface area (Å²) in [6, 6.07) is 1.42. The Balaban J connectivity index is 2.17. The minimum absolute atomic E-state index is 0.0436. The SMILES string of the molecule is CCNc1nccc(C(=O)N2CCC(OC)C2)c1F. The maximum absolute atomic E-state index is 14.1. The maximum atomic E-state index is 14.1. The third kappa shape index (κ3) is 2.84. The van der Waals surface area contributed by atoms with Crippen molar-refractivity contribution in [1.29, 1.82) is 0 Å². The highest BCUT2D eigenvalue weighted by Gasteiger charge is 2.28. The van der Waals surface area contributed by atoms with E-state index in [1.165, 1.54) is 12.3 Å². The Morgan fingerprint density at radius 2 is 2.47 bits per heavy atom. The summed E-state index contributed by atoms with van der Waals surface area (Å²) in [4.78, 5) is 17.8. The van der Waals surface area contributed by atoms with E-state index in [0.29, 0.717) is 19.6 Å². The highest BCUT2D eigenvalue weighted by atomic mass is 19.1. The second-order valence-electron chi connectivity index (χ2n) is 4.45. The van der Waals surface area contributed by atoms with Crippen LogP contribution in [0.1, 0.15) is 23.7 Å². The Morgan fingerprint density at radius 1 is 1.68 bits per heavy atom. The van der Waals surface area contributed by atoms with E-state index in [4.69, 9.17) is 4.74 Å². The van der Waals surface area contributed by atoms with Crippen molar-refractivity contribution in [3.8, 4) is 0 Å². The van der Waals surface area contributed by atoms with Crippen LogP contribution >= 0.6 is 0 Å². The van der Waals surface area contributed by atoms with Gasteiger partial charge in [0.05, 0.1) is 11.7 Å². The number of methoxy groups -OCH3 is 1. The van der Waals surface area contributed by atoms with Crippen molar-refractivity contribution in [1.82, 2.24) is 9.88 Å². The molecule has 1 aromatic rings. The van der Waals surface area contributed by atoms with Crippen LogP contribution in [-0.4, -0.2) is 48.6 Å². The molecular formula is C13H18FN3O2. The molecule has 2 rings (SSSR count). The average Bonchev–Trinajstić information content (AvgIpc) is 2.89. The highest BCUT2D eigenvalue weighted by Crippen LogP contribution is 2.20. The number of pyridine rings is 1. The number of halogens is 1. The smallest absolute Gasteiger partial charge is 0.257 e. The molecule has 1 unspecified atom stereocenters. The van der Waals surface area contributed by atoms with Crippen molar-refractivity contribution in [2.75, 3.05) is 32.1 Å². The van der Waals surface area contributed by atoms with Gasteiger partial charge < -0.3 is 15.0 Å². The molecule has 1 atom stereocenters. The lowest BCUT2D eigenvalue weighted by Gasteiger charge is -2.17. The minimum Gasteiger partial charge on any atom is -0.380 e. The first-order valence-corrected chi connectivity index (χ1v) is 6.37. The number of nitrogens with zero attached hydrogens (tertiary/aromatic N) is 2. The first-order valence-electron chi connectivity index (χ1n) is 6.37. The largest absolute Gasteiger partial charge is 0.380 e. The Labute approximate surface area is 111 Å². The van der Waals surface area contributed by atoms with Crippen LogP contribution in [0.4, 0.5) is 10.2 Å². The normalized spacial score (nSPS) is 18.7. The number of hydrogen-bond donors (Lipinski definition) is 1. The van der Waals surface area contributed by atoms with Crippen molar-refractivity contribution in [3.05, 3.63) is 23.6 Å². The van der Waals surface area contributed by atoms with E-state index >= 15 is 0 Å². The highest BCUT2D eigenvalue weighted by molar-refractivity contribution is 5.95. The molecule has 5 nitrogen and oxygen atoms in total. The van der Waals surface area contributed by atoms with E-state index < -0.39 is 5.82 Å². The standard InChI is InChI=1S/C13H18FN3O2/c1-3-15-12-11(14)10(4-6-16-12)13(18)17-7-5-9(8-17)19-2/h4,6,9H,3,5,7-8H2,1-2H3,(H,15,16). The van der Waals surface area contributed by atoms with E-state index in [9.17, 15) is 9.18 Å². The lowest BCUT2D eigenvalue weighted by Crippen LogP contribution is -2.30. The van der Waals surface area contributed by atoms with E-state index in [1.807, 2.05) is 6.92 Å². The molecule has 19 heavy (non-hydrogen) atoms. The van der Waals surface area contributed by atoms with Crippen LogP contribution in [0, 0.1) is 5.82 Å². The van der Waals surface area contributed by atoms with Gasteiger partial charge in [0.25, 0.3) is 5.91 Å². The summed E-state index contributed by atoms with van der Waals surface area (Å²) in [7, 11) is 1.62. The molecular weight excluding hydrogens is 249 g/mol. The van der Waals surface area contributed by atoms with Gasteiger partial charge in [0.15, 0.2) is 11.6 Å². The van der Waals surface area contributed by atoms with E-state index in [-0.39, 0.29) is 23.4 Å². The zero-order valence-electron chi connectivity index (χ0n) is 11.1. The van der Waals surface area contributed by atoms with Gasteiger partial charge in [0, 0.05) is 32.9 Å². The lowest BCUT2D eigenvalue weighted by atomic mass is 10.2. The maximum Gasteiger partial charge on any atom is 0.257 e. The number of ether oxygens (including phenoxy) is 1. The van der Waals surface area contributed by atoms with Crippen LogP contribution in [0.2, 0.25) is 0 Å². The number of nitrogens with one attached hydrogen (secondary N) is 1. The third-order valence-electron chi connectivity index (χ3n) is 3.23. The molecule has 1 aliphatic rings. The number of likely N-dealkylation sites (tertiary alicyclic amines) is 1. The van der Waals surface area contributed by atoms with Crippen LogP contribution < -0.4 is 5.32 Å². The van der Waals surface area contributed by atoms with Crippen LogP contribution in [0.3, 0.4) is 0 Å². The molecule has 0 bridgehead atoms. The minimum atomic E-state index is -0.588. The Bertz CT molecular complexity index is 467. The third-order valence-corrected chi connectivity index (χ3v) is 3.23. The molecule has 0 aromatic carbocycles. The van der Waals surface area contributed by atoms with Crippen molar-refractivity contribution in [2.24, 2.45) is 0 Å². The summed E-state index contributed by atoms with van der Waals surface area (Å²) in [5.74, 6) is -0.773. The number of rotatable bonds is 4. The number of aromatic nitrogens is 1. The van der Waals surface area contributed by atoms with Gasteiger partial charge in [0.2, 0.25) is 0 Å². The Kier molecular flexibility index (Phi) is 4.31. The van der Waals surface area contributed by atoms with Gasteiger partial charge in [0.1, 0.15) is 0 Å². The first kappa shape index (κ1) is 13.7. The topological polar surface area (TPSA) is 54.5 Å². The number of hydrogen-bond acceptors (Lipinski definition) is 4. The van der Waals surface area contributed by atoms with Gasteiger partial charge >= 0.3 is 0 Å². The Morgan fingerprint density at radius 3 is 3.11 bits per heavy atom. The summed E-state index contributed by atoms with van der Waals surface area (Å²) in [6.45, 7) is 3.50. The number of anilines is 1. The Hall–Kier alpha value is -1.69. The van der Waals surface area contributed by atoms with Gasteiger partial charge in [-0.25, -0.2) is 9.37 Å². The summed E-state index contributed by atoms with van der Waals surface area (Å²) < 4.78 is 19.3. The van der Waals surface area contributed by atoms with Gasteiger partial charge in [-0.3, -0.25) is 4.79 Å². The molecule has 1 amide bonds. The van der Waals surface area contributed by atoms with Gasteiger partial charge in [-0.2, -0.15) is 0 Å². The predicted octanol–water partition coefficient (Wildman–Crippen LogP) is 1.51. The fourth-order valence-corrected chi connectivity index (χ4v) is 2.17. The molecule has 1 N–H and O–H groups in total. The van der Waals surface area contributed by atoms with Gasteiger partial charge in [-0.1, -0.05) is 0 Å². The fraction of sp³-hybridized carbons (Fsp3) is 0.538. The molecule has 2 heterocycles. The van der Waals surface area contributed by atoms with Crippen molar-refractivity contribution in [3.63, 3.8) is 0 Å². The number of carbonyl (C=O) groups is 1. The van der Waals surface area contributed by atoms with Crippen molar-refractivity contribution < 1.29 is 13.9 Å². The molecule has 6 heteroatoms. The zero-order valence-corrected chi connectivity index (χ0v) is 11.1. The van der Waals surface area contributed by atoms with Crippen LogP contribution in [-0.2, 0) is 4.74 Å². The molecule has 0 saturated carbocycles. The summed E-state index contributed by atoms with van der Waals surface area (Å²) in [6.07, 6.45) is 2.27. The lowest BCUT2D eigenvalue weighted by molar-refractivity contribution is 0.0720. The molecule has 1 saturated heterocycles. The molecule has 1 aliphatic heterocycles. The van der Waals surface area contributed by atoms with Gasteiger partial charge in [-0.05, 0) is 19.4 Å². The molecule has 1 aromatic heterocycles.